The highest BCUT2D eigenvalue weighted by Crippen LogP contribution is 2.20. The van der Waals surface area contributed by atoms with Gasteiger partial charge in [-0.1, -0.05) is 37.3 Å². The smallest absolute Gasteiger partial charge is 0.276 e. The van der Waals surface area contributed by atoms with E-state index in [4.69, 9.17) is 5.73 Å². The van der Waals surface area contributed by atoms with Gasteiger partial charge in [-0.2, -0.15) is 13.5 Å². The van der Waals surface area contributed by atoms with Crippen LogP contribution in [0.25, 0.3) is 10.9 Å². The maximum atomic E-state index is 12.3. The Morgan fingerprint density at radius 3 is 2.56 bits per heavy atom. The number of carbonyl (C=O) groups is 1. The molecule has 3 rings (SSSR count). The van der Waals surface area contributed by atoms with E-state index in [1.54, 1.807) is 35.0 Å². The predicted molar refractivity (Wildman–Crippen MR) is 105 cm³/mol. The van der Waals surface area contributed by atoms with Crippen molar-refractivity contribution in [1.82, 2.24) is 9.40 Å². The summed E-state index contributed by atoms with van der Waals surface area (Å²) < 4.78 is 26.4. The number of nitrogens with zero attached hydrogens (tertiary/aromatic N) is 2. The molecule has 0 aliphatic rings. The second-order valence-corrected chi connectivity index (χ2v) is 7.71. The number of primary amides is 1. The van der Waals surface area contributed by atoms with Crippen LogP contribution in [0.15, 0.2) is 64.7 Å². The van der Waals surface area contributed by atoms with E-state index in [1.807, 2.05) is 31.2 Å². The van der Waals surface area contributed by atoms with Crippen LogP contribution in [0, 0.1) is 0 Å². The van der Waals surface area contributed by atoms with Crippen molar-refractivity contribution >= 4 is 33.0 Å². The van der Waals surface area contributed by atoms with Crippen molar-refractivity contribution in [3.8, 4) is 0 Å². The fraction of sp³-hybridized carbons (Fsp3) is 0.158. The van der Waals surface area contributed by atoms with Crippen LogP contribution in [0.5, 0.6) is 0 Å². The summed E-state index contributed by atoms with van der Waals surface area (Å²) in [6, 6.07) is 14.1. The van der Waals surface area contributed by atoms with Gasteiger partial charge in [-0.15, -0.1) is 0 Å². The summed E-state index contributed by atoms with van der Waals surface area (Å²) in [4.78, 5) is 13.6. The molecule has 7 nitrogen and oxygen atoms in total. The minimum absolute atomic E-state index is 0.0316. The first-order valence-electron chi connectivity index (χ1n) is 8.40. The average molecular weight is 384 g/mol. The van der Waals surface area contributed by atoms with Gasteiger partial charge in [0.1, 0.15) is 6.54 Å². The lowest BCUT2D eigenvalue weighted by molar-refractivity contribution is -0.118. The molecule has 0 saturated heterocycles. The van der Waals surface area contributed by atoms with Crippen LogP contribution in [-0.4, -0.2) is 25.1 Å². The third kappa shape index (κ3) is 4.17. The van der Waals surface area contributed by atoms with Gasteiger partial charge in [-0.05, 0) is 30.2 Å². The van der Waals surface area contributed by atoms with Crippen molar-refractivity contribution in [3.63, 3.8) is 0 Å². The van der Waals surface area contributed by atoms with E-state index in [0.29, 0.717) is 5.56 Å². The number of aryl methyl sites for hydroxylation is 1. The number of hydrazone groups is 1. The molecule has 2 aromatic carbocycles. The summed E-state index contributed by atoms with van der Waals surface area (Å²) in [5.41, 5.74) is 7.83. The van der Waals surface area contributed by atoms with Crippen LogP contribution in [0.4, 0.5) is 0 Å². The van der Waals surface area contributed by atoms with Crippen molar-refractivity contribution in [1.29, 1.82) is 0 Å². The van der Waals surface area contributed by atoms with E-state index in [-0.39, 0.29) is 11.4 Å². The number of amides is 1. The lowest BCUT2D eigenvalue weighted by Crippen LogP contribution is -2.18. The molecule has 0 aliphatic heterocycles. The minimum Gasteiger partial charge on any atom is -0.368 e. The average Bonchev–Trinajstić information content (AvgIpc) is 2.99. The summed E-state index contributed by atoms with van der Waals surface area (Å²) in [7, 11) is -3.75. The zero-order chi connectivity index (χ0) is 19.4. The van der Waals surface area contributed by atoms with Crippen LogP contribution < -0.4 is 10.6 Å². The van der Waals surface area contributed by atoms with E-state index in [2.05, 4.69) is 9.93 Å². The summed E-state index contributed by atoms with van der Waals surface area (Å²) in [5, 5.41) is 4.72. The van der Waals surface area contributed by atoms with Crippen molar-refractivity contribution in [2.75, 3.05) is 0 Å². The van der Waals surface area contributed by atoms with Crippen LogP contribution in [0.1, 0.15) is 18.1 Å². The molecule has 0 aliphatic carbocycles. The third-order valence-corrected chi connectivity index (χ3v) is 5.40. The maximum absolute atomic E-state index is 12.3. The highest BCUT2D eigenvalue weighted by molar-refractivity contribution is 7.89. The maximum Gasteiger partial charge on any atom is 0.276 e. The molecular weight excluding hydrogens is 364 g/mol. The lowest BCUT2D eigenvalue weighted by Gasteiger charge is -2.04. The minimum atomic E-state index is -3.75. The Morgan fingerprint density at radius 2 is 1.89 bits per heavy atom. The molecule has 3 N–H and O–H groups in total. The molecular formula is C19H20N4O3S. The molecule has 0 unspecified atom stereocenters. The van der Waals surface area contributed by atoms with Gasteiger partial charge in [-0.25, -0.2) is 4.83 Å². The molecule has 8 heteroatoms. The van der Waals surface area contributed by atoms with E-state index >= 15 is 0 Å². The fourth-order valence-corrected chi connectivity index (χ4v) is 3.59. The fourth-order valence-electron chi connectivity index (χ4n) is 2.80. The van der Waals surface area contributed by atoms with Gasteiger partial charge < -0.3 is 10.3 Å². The molecule has 0 saturated carbocycles. The first-order chi connectivity index (χ1) is 12.9. The first-order valence-corrected chi connectivity index (χ1v) is 9.89. The molecule has 3 aromatic rings. The number of hydrogen-bond donors (Lipinski definition) is 2. The highest BCUT2D eigenvalue weighted by Gasteiger charge is 2.13. The number of hydrogen-bond acceptors (Lipinski definition) is 4. The van der Waals surface area contributed by atoms with Gasteiger partial charge in [-0.3, -0.25) is 4.79 Å². The number of rotatable bonds is 7. The van der Waals surface area contributed by atoms with Crippen molar-refractivity contribution in [2.45, 2.75) is 24.8 Å². The van der Waals surface area contributed by atoms with E-state index < -0.39 is 15.9 Å². The van der Waals surface area contributed by atoms with Crippen LogP contribution in [0.2, 0.25) is 0 Å². The zero-order valence-corrected chi connectivity index (χ0v) is 15.6. The number of carbonyl (C=O) groups excluding carboxylic acids is 1. The van der Waals surface area contributed by atoms with E-state index in [9.17, 15) is 13.2 Å². The number of nitrogens with one attached hydrogen (secondary N) is 1. The van der Waals surface area contributed by atoms with Crippen molar-refractivity contribution in [2.24, 2.45) is 10.8 Å². The molecule has 0 spiro atoms. The number of aromatic nitrogens is 1. The standard InChI is InChI=1S/C19H20N4O3S/c1-2-14-7-9-16(10-8-14)27(25,26)22-21-11-15-12-23(13-19(20)24)18-6-4-3-5-17(15)18/h3-12,22H,2,13H2,1H3,(H2,20,24)/b21-11+. The summed E-state index contributed by atoms with van der Waals surface area (Å²) in [6.45, 7) is 2.03. The Morgan fingerprint density at radius 1 is 1.19 bits per heavy atom. The zero-order valence-electron chi connectivity index (χ0n) is 14.8. The Labute approximate surface area is 157 Å². The van der Waals surface area contributed by atoms with Crippen LogP contribution >= 0.6 is 0 Å². The van der Waals surface area contributed by atoms with Crippen LogP contribution in [0.3, 0.4) is 0 Å². The molecule has 0 atom stereocenters. The number of benzene rings is 2. The van der Waals surface area contributed by atoms with Gasteiger partial charge in [0.05, 0.1) is 11.1 Å². The quantitative estimate of drug-likeness (QED) is 0.480. The third-order valence-electron chi connectivity index (χ3n) is 4.16. The first kappa shape index (κ1) is 18.7. The number of nitrogens with two attached hydrogens (primary N) is 1. The second-order valence-electron chi connectivity index (χ2n) is 6.05. The Balaban J connectivity index is 1.84. The lowest BCUT2D eigenvalue weighted by atomic mass is 10.2. The Bertz CT molecular complexity index is 1100. The van der Waals surface area contributed by atoms with Gasteiger partial charge in [0.15, 0.2) is 0 Å². The molecule has 0 bridgehead atoms. The Hall–Kier alpha value is -3.13. The monoisotopic (exact) mass is 384 g/mol. The van der Waals surface area contributed by atoms with Gasteiger partial charge in [0.25, 0.3) is 10.0 Å². The molecule has 1 aromatic heterocycles. The molecule has 1 amide bonds. The number of sulfonamides is 1. The SMILES string of the molecule is CCc1ccc(S(=O)(=O)N/N=C/c2cn(CC(N)=O)c3ccccc23)cc1. The normalized spacial score (nSPS) is 11.9. The Kier molecular flexibility index (Phi) is 5.27. The highest BCUT2D eigenvalue weighted by atomic mass is 32.2. The number of para-hydroxylation sites is 1. The molecule has 140 valence electrons. The largest absolute Gasteiger partial charge is 0.368 e. The van der Waals surface area contributed by atoms with Gasteiger partial charge in [0.2, 0.25) is 5.91 Å². The molecule has 1 heterocycles. The van der Waals surface area contributed by atoms with Crippen LogP contribution in [-0.2, 0) is 27.8 Å². The van der Waals surface area contributed by atoms with Gasteiger partial charge >= 0.3 is 0 Å². The molecule has 0 radical (unpaired) electrons. The second kappa shape index (κ2) is 7.63. The summed E-state index contributed by atoms with van der Waals surface area (Å²) in [5.74, 6) is -0.463. The predicted octanol–water partition coefficient (Wildman–Crippen LogP) is 2.00. The molecule has 0 fully saturated rings. The topological polar surface area (TPSA) is 107 Å². The van der Waals surface area contributed by atoms with Crippen molar-refractivity contribution < 1.29 is 13.2 Å². The van der Waals surface area contributed by atoms with Gasteiger partial charge in [0, 0.05) is 22.7 Å². The summed E-state index contributed by atoms with van der Waals surface area (Å²) in [6.07, 6.45) is 3.96. The number of fused-ring (bicyclic) bond motifs is 1. The van der Waals surface area contributed by atoms with E-state index in [1.165, 1.54) is 6.21 Å². The summed E-state index contributed by atoms with van der Waals surface area (Å²) >= 11 is 0. The van der Waals surface area contributed by atoms with Crippen molar-refractivity contribution in [3.05, 3.63) is 65.9 Å². The molecule has 27 heavy (non-hydrogen) atoms. The van der Waals surface area contributed by atoms with E-state index in [0.717, 1.165) is 22.9 Å².